The number of carbonyl (C=O) groups excluding carboxylic acids is 2. The van der Waals surface area contributed by atoms with Crippen LogP contribution in [-0.2, 0) is 4.79 Å². The molecule has 0 saturated carbocycles. The fourth-order valence-corrected chi connectivity index (χ4v) is 3.77. The largest absolute Gasteiger partial charge is 0.351 e. The third-order valence-corrected chi connectivity index (χ3v) is 5.66. The van der Waals surface area contributed by atoms with Crippen LogP contribution in [0, 0.1) is 5.92 Å². The quantitative estimate of drug-likeness (QED) is 0.595. The summed E-state index contributed by atoms with van der Waals surface area (Å²) in [5, 5.41) is 2.52. The van der Waals surface area contributed by atoms with E-state index in [1.165, 1.54) is 11.8 Å². The molecule has 0 radical (unpaired) electrons. The van der Waals surface area contributed by atoms with E-state index in [9.17, 15) is 14.4 Å². The number of hydrogen-bond donors (Lipinski definition) is 2. The minimum absolute atomic E-state index is 0.0749. The molecule has 8 heteroatoms. The molecular formula is C18H24N4O3S. The van der Waals surface area contributed by atoms with Crippen molar-refractivity contribution in [2.75, 3.05) is 0 Å². The lowest BCUT2D eigenvalue weighted by Crippen LogP contribution is -2.42. The molecule has 140 valence electrons. The highest BCUT2D eigenvalue weighted by atomic mass is 32.2. The lowest BCUT2D eigenvalue weighted by Gasteiger charge is -2.23. The van der Waals surface area contributed by atoms with E-state index in [0.29, 0.717) is 16.1 Å². The molecule has 2 atom stereocenters. The van der Waals surface area contributed by atoms with E-state index in [1.807, 2.05) is 33.8 Å². The monoisotopic (exact) mass is 376 g/mol. The van der Waals surface area contributed by atoms with E-state index in [1.54, 1.807) is 22.8 Å². The molecule has 1 aromatic heterocycles. The number of para-hydroxylation sites is 1. The first-order valence-corrected chi connectivity index (χ1v) is 9.42. The molecule has 7 nitrogen and oxygen atoms in total. The number of thioether (sulfide) groups is 1. The smallest absolute Gasteiger partial charge is 0.318 e. The number of primary amides is 1. The van der Waals surface area contributed by atoms with Crippen LogP contribution in [0.3, 0.4) is 0 Å². The molecular weight excluding hydrogens is 352 g/mol. The standard InChI is InChI=1S/C18H24N4O3S/c1-5-11(4)22-16(24)12-8-6-7-9-13(12)20-18(22)26-14(10(2)3)15(23)21-17(19)25/h6-11,14H,5H2,1-4H3,(H3,19,21,23,25)/t11-,14+/m1/s1. The predicted octanol–water partition coefficient (Wildman–Crippen LogP) is 2.68. The van der Waals surface area contributed by atoms with Gasteiger partial charge in [0.25, 0.3) is 5.56 Å². The highest BCUT2D eigenvalue weighted by Gasteiger charge is 2.28. The SMILES string of the molecule is CC[C@@H](C)n1c(S[C@H](C(=O)NC(N)=O)C(C)C)nc2ccccc2c1=O. The van der Waals surface area contributed by atoms with Gasteiger partial charge < -0.3 is 5.73 Å². The Labute approximate surface area is 156 Å². The molecule has 0 aliphatic rings. The van der Waals surface area contributed by atoms with Gasteiger partial charge in [-0.3, -0.25) is 19.5 Å². The van der Waals surface area contributed by atoms with Gasteiger partial charge in [-0.1, -0.05) is 44.7 Å². The molecule has 0 fully saturated rings. The Morgan fingerprint density at radius 3 is 2.50 bits per heavy atom. The van der Waals surface area contributed by atoms with Crippen LogP contribution in [0.5, 0.6) is 0 Å². The molecule has 1 aromatic carbocycles. The molecule has 1 heterocycles. The molecule has 0 unspecified atom stereocenters. The summed E-state index contributed by atoms with van der Waals surface area (Å²) < 4.78 is 1.62. The van der Waals surface area contributed by atoms with Gasteiger partial charge in [-0.25, -0.2) is 9.78 Å². The molecule has 2 rings (SSSR count). The maximum atomic E-state index is 13.0. The molecule has 0 spiro atoms. The van der Waals surface area contributed by atoms with Crippen molar-refractivity contribution < 1.29 is 9.59 Å². The normalized spacial score (nSPS) is 13.6. The lowest BCUT2D eigenvalue weighted by atomic mass is 10.1. The highest BCUT2D eigenvalue weighted by molar-refractivity contribution is 8.00. The summed E-state index contributed by atoms with van der Waals surface area (Å²) in [6.07, 6.45) is 0.743. The van der Waals surface area contributed by atoms with E-state index < -0.39 is 17.2 Å². The average Bonchev–Trinajstić information content (AvgIpc) is 2.58. The van der Waals surface area contributed by atoms with Gasteiger partial charge in [-0.15, -0.1) is 0 Å². The van der Waals surface area contributed by atoms with Gasteiger partial charge in [0.05, 0.1) is 16.2 Å². The second-order valence-corrected chi connectivity index (χ2v) is 7.59. The van der Waals surface area contributed by atoms with Crippen molar-refractivity contribution in [3.8, 4) is 0 Å². The number of benzene rings is 1. The Morgan fingerprint density at radius 2 is 1.92 bits per heavy atom. The number of nitrogens with zero attached hydrogens (tertiary/aromatic N) is 2. The molecule has 0 aliphatic carbocycles. The Balaban J connectivity index is 2.57. The van der Waals surface area contributed by atoms with E-state index in [2.05, 4.69) is 10.3 Å². The number of imide groups is 1. The summed E-state index contributed by atoms with van der Waals surface area (Å²) in [6.45, 7) is 7.66. The number of fused-ring (bicyclic) bond motifs is 1. The average molecular weight is 376 g/mol. The van der Waals surface area contributed by atoms with Gasteiger partial charge in [0, 0.05) is 6.04 Å². The Bertz CT molecular complexity index is 878. The van der Waals surface area contributed by atoms with E-state index >= 15 is 0 Å². The zero-order valence-corrected chi connectivity index (χ0v) is 16.2. The number of urea groups is 1. The minimum Gasteiger partial charge on any atom is -0.351 e. The second-order valence-electron chi connectivity index (χ2n) is 6.48. The summed E-state index contributed by atoms with van der Waals surface area (Å²) in [6, 6.07) is 6.17. The fourth-order valence-electron chi connectivity index (χ4n) is 2.58. The van der Waals surface area contributed by atoms with Crippen LogP contribution in [0.4, 0.5) is 4.79 Å². The van der Waals surface area contributed by atoms with Crippen molar-refractivity contribution in [3.05, 3.63) is 34.6 Å². The number of rotatable bonds is 6. The van der Waals surface area contributed by atoms with E-state index in [0.717, 1.165) is 6.42 Å². The third kappa shape index (κ3) is 4.24. The topological polar surface area (TPSA) is 107 Å². The Hall–Kier alpha value is -2.35. The number of aromatic nitrogens is 2. The molecule has 0 saturated heterocycles. The summed E-state index contributed by atoms with van der Waals surface area (Å²) in [4.78, 5) is 41.0. The van der Waals surface area contributed by atoms with Crippen LogP contribution in [0.2, 0.25) is 0 Å². The predicted molar refractivity (Wildman–Crippen MR) is 103 cm³/mol. The third-order valence-electron chi connectivity index (χ3n) is 4.15. The first-order chi connectivity index (χ1) is 12.3. The molecule has 2 aromatic rings. The van der Waals surface area contributed by atoms with Crippen LogP contribution in [0.15, 0.2) is 34.2 Å². The minimum atomic E-state index is -0.896. The molecule has 0 bridgehead atoms. The maximum absolute atomic E-state index is 13.0. The van der Waals surface area contributed by atoms with E-state index in [-0.39, 0.29) is 17.5 Å². The van der Waals surface area contributed by atoms with Gasteiger partial charge in [-0.2, -0.15) is 0 Å². The van der Waals surface area contributed by atoms with Crippen LogP contribution in [-0.4, -0.2) is 26.7 Å². The lowest BCUT2D eigenvalue weighted by molar-refractivity contribution is -0.120. The number of carbonyl (C=O) groups is 2. The summed E-state index contributed by atoms with van der Waals surface area (Å²) >= 11 is 1.18. The van der Waals surface area contributed by atoms with Crippen molar-refractivity contribution in [3.63, 3.8) is 0 Å². The number of nitrogens with two attached hydrogens (primary N) is 1. The molecule has 3 N–H and O–H groups in total. The first kappa shape index (κ1) is 20.0. The fraction of sp³-hybridized carbons (Fsp3) is 0.444. The van der Waals surface area contributed by atoms with Gasteiger partial charge in [0.2, 0.25) is 5.91 Å². The summed E-state index contributed by atoms with van der Waals surface area (Å²) in [7, 11) is 0. The highest BCUT2D eigenvalue weighted by Crippen LogP contribution is 2.29. The Kier molecular flexibility index (Phi) is 6.42. The number of nitrogens with one attached hydrogen (secondary N) is 1. The molecule has 3 amide bonds. The second kappa shape index (κ2) is 8.35. The van der Waals surface area contributed by atoms with Crippen molar-refractivity contribution >= 4 is 34.6 Å². The summed E-state index contributed by atoms with van der Waals surface area (Å²) in [5.74, 6) is -0.580. The van der Waals surface area contributed by atoms with Gasteiger partial charge in [0.1, 0.15) is 0 Å². The molecule has 26 heavy (non-hydrogen) atoms. The molecule has 0 aliphatic heterocycles. The van der Waals surface area contributed by atoms with Crippen LogP contribution >= 0.6 is 11.8 Å². The van der Waals surface area contributed by atoms with Gasteiger partial charge >= 0.3 is 6.03 Å². The zero-order valence-electron chi connectivity index (χ0n) is 15.4. The van der Waals surface area contributed by atoms with Crippen LogP contribution in [0.1, 0.15) is 40.2 Å². The van der Waals surface area contributed by atoms with Crippen molar-refractivity contribution in [1.29, 1.82) is 0 Å². The van der Waals surface area contributed by atoms with Gasteiger partial charge in [0.15, 0.2) is 5.16 Å². The maximum Gasteiger partial charge on any atom is 0.318 e. The summed E-state index contributed by atoms with van der Waals surface area (Å²) in [5.41, 5.74) is 5.52. The van der Waals surface area contributed by atoms with E-state index in [4.69, 9.17) is 5.73 Å². The van der Waals surface area contributed by atoms with Crippen LogP contribution < -0.4 is 16.6 Å². The van der Waals surface area contributed by atoms with Crippen molar-refractivity contribution in [2.45, 2.75) is 50.6 Å². The van der Waals surface area contributed by atoms with Gasteiger partial charge in [-0.05, 0) is 31.4 Å². The van der Waals surface area contributed by atoms with Crippen LogP contribution in [0.25, 0.3) is 10.9 Å². The van der Waals surface area contributed by atoms with Crippen molar-refractivity contribution in [2.24, 2.45) is 11.7 Å². The Morgan fingerprint density at radius 1 is 1.27 bits per heavy atom. The number of amides is 3. The van der Waals surface area contributed by atoms with Crippen molar-refractivity contribution in [1.82, 2.24) is 14.9 Å². The first-order valence-electron chi connectivity index (χ1n) is 8.54. The number of hydrogen-bond acceptors (Lipinski definition) is 5. The zero-order chi connectivity index (χ0) is 19.4.